The van der Waals surface area contributed by atoms with Crippen LogP contribution in [0.3, 0.4) is 0 Å². The van der Waals surface area contributed by atoms with Crippen molar-refractivity contribution in [1.29, 1.82) is 0 Å². The Morgan fingerprint density at radius 1 is 1.56 bits per heavy atom. The number of aromatic nitrogens is 2. The summed E-state index contributed by atoms with van der Waals surface area (Å²) in [6.45, 7) is 4.14. The third-order valence-corrected chi connectivity index (χ3v) is 3.64. The Morgan fingerprint density at radius 2 is 2.39 bits per heavy atom. The van der Waals surface area contributed by atoms with Gasteiger partial charge in [-0.25, -0.2) is 4.79 Å². The fraction of sp³-hybridized carbons (Fsp3) is 0.727. The maximum absolute atomic E-state index is 10.5. The summed E-state index contributed by atoms with van der Waals surface area (Å²) in [5.41, 5.74) is 0. The van der Waals surface area contributed by atoms with Gasteiger partial charge in [0.2, 0.25) is 5.89 Å². The van der Waals surface area contributed by atoms with Crippen LogP contribution in [-0.4, -0.2) is 58.5 Å². The minimum atomic E-state index is -0.932. The molecule has 4 unspecified atom stereocenters. The van der Waals surface area contributed by atoms with E-state index in [9.17, 15) is 4.79 Å². The average molecular weight is 253 g/mol. The highest BCUT2D eigenvalue weighted by Gasteiger charge is 2.48. The van der Waals surface area contributed by atoms with Gasteiger partial charge in [-0.05, 0) is 6.92 Å². The number of aryl methyl sites for hydroxylation is 1. The van der Waals surface area contributed by atoms with E-state index in [1.807, 2.05) is 0 Å². The van der Waals surface area contributed by atoms with Gasteiger partial charge in [0.1, 0.15) is 6.61 Å². The van der Waals surface area contributed by atoms with Gasteiger partial charge in [-0.15, -0.1) is 0 Å². The molecule has 0 amide bonds. The van der Waals surface area contributed by atoms with Crippen LogP contribution in [0.5, 0.6) is 0 Å². The number of hydrogen-bond donors (Lipinski definition) is 1. The van der Waals surface area contributed by atoms with Crippen molar-refractivity contribution in [1.82, 2.24) is 15.0 Å². The molecule has 2 aliphatic heterocycles. The highest BCUT2D eigenvalue weighted by Crippen LogP contribution is 2.40. The summed E-state index contributed by atoms with van der Waals surface area (Å²) in [5.74, 6) is 0.760. The summed E-state index contributed by atoms with van der Waals surface area (Å²) >= 11 is 0. The van der Waals surface area contributed by atoms with Crippen LogP contribution >= 0.6 is 0 Å². The van der Waals surface area contributed by atoms with Gasteiger partial charge in [-0.2, -0.15) is 4.98 Å². The highest BCUT2D eigenvalue weighted by atomic mass is 16.5. The zero-order valence-electron chi connectivity index (χ0n) is 10.1. The summed E-state index contributed by atoms with van der Waals surface area (Å²) in [6.07, 6.45) is -0.0490. The monoisotopic (exact) mass is 253 g/mol. The lowest BCUT2D eigenvalue weighted by atomic mass is 9.90. The molecule has 1 aromatic heterocycles. The Labute approximate surface area is 104 Å². The summed E-state index contributed by atoms with van der Waals surface area (Å²) < 4.78 is 10.6. The molecule has 0 spiro atoms. The fourth-order valence-corrected chi connectivity index (χ4v) is 2.91. The predicted molar refractivity (Wildman–Crippen MR) is 59.1 cm³/mol. The SMILES string of the molecule is Cc1noc(C2CN3CC(OCC(=O)O)C2C3)n1. The van der Waals surface area contributed by atoms with E-state index in [4.69, 9.17) is 14.4 Å². The van der Waals surface area contributed by atoms with Gasteiger partial charge >= 0.3 is 5.97 Å². The molecule has 2 aliphatic rings. The molecular formula is C11H15N3O4. The van der Waals surface area contributed by atoms with Gasteiger partial charge in [0.25, 0.3) is 0 Å². The second-order valence-electron chi connectivity index (χ2n) is 4.91. The number of carboxylic acid groups (broad SMARTS) is 1. The quantitative estimate of drug-likeness (QED) is 0.799. The first-order valence-electron chi connectivity index (χ1n) is 5.99. The van der Waals surface area contributed by atoms with E-state index in [-0.39, 0.29) is 24.5 Å². The Morgan fingerprint density at radius 3 is 3.00 bits per heavy atom. The molecule has 4 atom stereocenters. The molecule has 2 fully saturated rings. The lowest BCUT2D eigenvalue weighted by molar-refractivity contribution is -0.145. The molecule has 0 aliphatic carbocycles. The van der Waals surface area contributed by atoms with E-state index in [2.05, 4.69) is 15.0 Å². The predicted octanol–water partition coefficient (Wildman–Crippen LogP) is -0.123. The summed E-state index contributed by atoms with van der Waals surface area (Å²) in [6, 6.07) is 0. The largest absolute Gasteiger partial charge is 0.480 e. The van der Waals surface area contributed by atoms with Crippen LogP contribution in [0.2, 0.25) is 0 Å². The molecule has 3 rings (SSSR count). The topological polar surface area (TPSA) is 88.7 Å². The molecule has 7 nitrogen and oxygen atoms in total. The minimum Gasteiger partial charge on any atom is -0.480 e. The summed E-state index contributed by atoms with van der Waals surface area (Å²) in [7, 11) is 0. The van der Waals surface area contributed by atoms with Crippen molar-refractivity contribution >= 4 is 5.97 Å². The molecule has 7 heteroatoms. The molecule has 0 radical (unpaired) electrons. The molecule has 2 saturated heterocycles. The van der Waals surface area contributed by atoms with E-state index in [0.717, 1.165) is 19.6 Å². The number of nitrogens with zero attached hydrogens (tertiary/aromatic N) is 3. The fourth-order valence-electron chi connectivity index (χ4n) is 2.91. The van der Waals surface area contributed by atoms with Gasteiger partial charge in [-0.3, -0.25) is 4.90 Å². The summed E-state index contributed by atoms with van der Waals surface area (Å²) in [5, 5.41) is 12.5. The Balaban J connectivity index is 1.70. The van der Waals surface area contributed by atoms with Gasteiger partial charge in [0.15, 0.2) is 5.82 Å². The van der Waals surface area contributed by atoms with Crippen LogP contribution in [0.1, 0.15) is 17.6 Å². The first-order chi connectivity index (χ1) is 8.63. The lowest BCUT2D eigenvalue weighted by Crippen LogP contribution is -2.36. The third-order valence-electron chi connectivity index (χ3n) is 3.64. The number of hydrogen-bond acceptors (Lipinski definition) is 6. The van der Waals surface area contributed by atoms with Crippen molar-refractivity contribution in [3.05, 3.63) is 11.7 Å². The standard InChI is InChI=1S/C11H15N3O4/c1-6-12-11(18-13-6)8-3-14-2-7(8)9(4-14)17-5-10(15)16/h7-9H,2-5H2,1H3,(H,15,16). The number of piperidine rings is 1. The Hall–Kier alpha value is -1.47. The van der Waals surface area contributed by atoms with Gasteiger partial charge in [0.05, 0.1) is 12.0 Å². The zero-order chi connectivity index (χ0) is 12.7. The molecule has 3 heterocycles. The molecule has 1 aromatic rings. The molecule has 18 heavy (non-hydrogen) atoms. The molecule has 0 saturated carbocycles. The van der Waals surface area contributed by atoms with E-state index >= 15 is 0 Å². The van der Waals surface area contributed by atoms with E-state index < -0.39 is 5.97 Å². The van der Waals surface area contributed by atoms with E-state index in [1.54, 1.807) is 6.92 Å². The second kappa shape index (κ2) is 4.33. The normalized spacial score (nSPS) is 34.1. The number of aliphatic carboxylic acids is 1. The number of ether oxygens (including phenoxy) is 1. The Kier molecular flexibility index (Phi) is 2.79. The summed E-state index contributed by atoms with van der Waals surface area (Å²) in [4.78, 5) is 17.1. The second-order valence-corrected chi connectivity index (χ2v) is 4.91. The maximum Gasteiger partial charge on any atom is 0.329 e. The first kappa shape index (κ1) is 11.6. The molecule has 98 valence electrons. The minimum absolute atomic E-state index is 0.0490. The third kappa shape index (κ3) is 1.99. The van der Waals surface area contributed by atoms with E-state index in [0.29, 0.717) is 11.7 Å². The molecule has 2 bridgehead atoms. The number of carboxylic acids is 1. The van der Waals surface area contributed by atoms with Crippen molar-refractivity contribution in [2.45, 2.75) is 18.9 Å². The van der Waals surface area contributed by atoms with Gasteiger partial charge in [-0.1, -0.05) is 5.16 Å². The number of fused-ring (bicyclic) bond motifs is 2. The van der Waals surface area contributed by atoms with Crippen LogP contribution in [0, 0.1) is 12.8 Å². The van der Waals surface area contributed by atoms with Crippen molar-refractivity contribution in [2.75, 3.05) is 26.2 Å². The van der Waals surface area contributed by atoms with Crippen LogP contribution < -0.4 is 0 Å². The smallest absolute Gasteiger partial charge is 0.329 e. The van der Waals surface area contributed by atoms with Gasteiger partial charge in [0, 0.05) is 25.6 Å². The first-order valence-corrected chi connectivity index (χ1v) is 5.99. The number of rotatable bonds is 4. The van der Waals surface area contributed by atoms with Crippen molar-refractivity contribution in [2.24, 2.45) is 5.92 Å². The van der Waals surface area contributed by atoms with Crippen LogP contribution in [-0.2, 0) is 9.53 Å². The van der Waals surface area contributed by atoms with E-state index in [1.165, 1.54) is 0 Å². The average Bonchev–Trinajstić information content (AvgIpc) is 2.99. The van der Waals surface area contributed by atoms with Crippen LogP contribution in [0.15, 0.2) is 4.52 Å². The molecule has 0 aromatic carbocycles. The van der Waals surface area contributed by atoms with Crippen LogP contribution in [0.25, 0.3) is 0 Å². The zero-order valence-corrected chi connectivity index (χ0v) is 10.1. The Bertz CT molecular complexity index is 461. The van der Waals surface area contributed by atoms with Crippen molar-refractivity contribution < 1.29 is 19.2 Å². The van der Waals surface area contributed by atoms with Crippen molar-refractivity contribution in [3.63, 3.8) is 0 Å². The van der Waals surface area contributed by atoms with Crippen LogP contribution in [0.4, 0.5) is 0 Å². The molecule has 1 N–H and O–H groups in total. The van der Waals surface area contributed by atoms with Gasteiger partial charge < -0.3 is 14.4 Å². The lowest BCUT2D eigenvalue weighted by Gasteiger charge is -2.26. The number of carbonyl (C=O) groups is 1. The molecular weight excluding hydrogens is 238 g/mol. The highest BCUT2D eigenvalue weighted by molar-refractivity contribution is 5.68. The maximum atomic E-state index is 10.5. The van der Waals surface area contributed by atoms with Crippen molar-refractivity contribution in [3.8, 4) is 0 Å².